The number of ether oxygens (including phenoxy) is 1. The molecular weight excluding hydrogens is 364 g/mol. The molecule has 5 nitrogen and oxygen atoms in total. The lowest BCUT2D eigenvalue weighted by Crippen LogP contribution is -2.04. The van der Waals surface area contributed by atoms with Crippen molar-refractivity contribution >= 4 is 5.65 Å². The third-order valence-electron chi connectivity index (χ3n) is 4.49. The van der Waals surface area contributed by atoms with Crippen molar-refractivity contribution in [2.24, 2.45) is 0 Å². The molecule has 0 aliphatic heterocycles. The first-order valence-corrected chi connectivity index (χ1v) is 8.68. The Labute approximate surface area is 159 Å². The van der Waals surface area contributed by atoms with Gasteiger partial charge in [0.05, 0.1) is 17.0 Å². The number of hydrogen-bond donors (Lipinski definition) is 1. The summed E-state index contributed by atoms with van der Waals surface area (Å²) >= 11 is 0. The Morgan fingerprint density at radius 2 is 1.89 bits per heavy atom. The largest absolute Gasteiger partial charge is 0.485 e. The van der Waals surface area contributed by atoms with E-state index in [0.717, 1.165) is 22.5 Å². The number of imidazole rings is 1. The van der Waals surface area contributed by atoms with Gasteiger partial charge in [-0.1, -0.05) is 6.07 Å². The number of benzene rings is 1. The van der Waals surface area contributed by atoms with E-state index in [1.54, 1.807) is 18.3 Å². The Hall–Kier alpha value is -3.48. The SMILES string of the molecule is Cc1cc(OCc2c(F)cccc2F)c2nc(C)c(-c3ccc(=O)[nH]c3)n2c1. The summed E-state index contributed by atoms with van der Waals surface area (Å²) in [4.78, 5) is 18.6. The number of aromatic nitrogens is 3. The van der Waals surface area contributed by atoms with Crippen molar-refractivity contribution in [1.29, 1.82) is 0 Å². The first kappa shape index (κ1) is 17.9. The molecule has 0 aliphatic rings. The lowest BCUT2D eigenvalue weighted by molar-refractivity contribution is 0.294. The topological polar surface area (TPSA) is 59.4 Å². The van der Waals surface area contributed by atoms with Gasteiger partial charge in [-0.3, -0.25) is 9.20 Å². The number of pyridine rings is 2. The molecule has 142 valence electrons. The number of aryl methyl sites for hydroxylation is 2. The predicted molar refractivity (Wildman–Crippen MR) is 101 cm³/mol. The van der Waals surface area contributed by atoms with Gasteiger partial charge in [0.25, 0.3) is 0 Å². The third-order valence-corrected chi connectivity index (χ3v) is 4.49. The average molecular weight is 381 g/mol. The van der Waals surface area contributed by atoms with Crippen molar-refractivity contribution < 1.29 is 13.5 Å². The highest BCUT2D eigenvalue weighted by molar-refractivity contribution is 5.70. The molecule has 3 heterocycles. The van der Waals surface area contributed by atoms with E-state index in [1.165, 1.54) is 24.3 Å². The van der Waals surface area contributed by atoms with Crippen LogP contribution < -0.4 is 10.3 Å². The van der Waals surface area contributed by atoms with E-state index in [9.17, 15) is 13.6 Å². The van der Waals surface area contributed by atoms with Gasteiger partial charge in [0.15, 0.2) is 11.4 Å². The summed E-state index contributed by atoms with van der Waals surface area (Å²) < 4.78 is 35.4. The molecule has 28 heavy (non-hydrogen) atoms. The van der Waals surface area contributed by atoms with Crippen LogP contribution in [0.3, 0.4) is 0 Å². The highest BCUT2D eigenvalue weighted by atomic mass is 19.1. The van der Waals surface area contributed by atoms with Crippen molar-refractivity contribution in [3.63, 3.8) is 0 Å². The van der Waals surface area contributed by atoms with Crippen molar-refractivity contribution in [1.82, 2.24) is 14.4 Å². The van der Waals surface area contributed by atoms with Crippen LogP contribution in [0.25, 0.3) is 16.9 Å². The minimum Gasteiger partial charge on any atom is -0.485 e. The molecule has 7 heteroatoms. The molecule has 0 fully saturated rings. The van der Waals surface area contributed by atoms with Crippen LogP contribution in [0.1, 0.15) is 16.8 Å². The zero-order valence-corrected chi connectivity index (χ0v) is 15.3. The molecule has 0 radical (unpaired) electrons. The number of nitrogens with zero attached hydrogens (tertiary/aromatic N) is 2. The number of halogens is 2. The number of rotatable bonds is 4. The lowest BCUT2D eigenvalue weighted by Gasteiger charge is -2.11. The minimum absolute atomic E-state index is 0.133. The summed E-state index contributed by atoms with van der Waals surface area (Å²) in [5.41, 5.74) is 3.42. The molecule has 0 amide bonds. The normalized spacial score (nSPS) is 11.1. The number of hydrogen-bond acceptors (Lipinski definition) is 3. The van der Waals surface area contributed by atoms with Gasteiger partial charge in [0.2, 0.25) is 5.56 Å². The summed E-state index contributed by atoms with van der Waals surface area (Å²) in [6.45, 7) is 3.49. The van der Waals surface area contributed by atoms with Gasteiger partial charge in [-0.15, -0.1) is 0 Å². The van der Waals surface area contributed by atoms with Gasteiger partial charge in [0.1, 0.15) is 18.2 Å². The first-order valence-electron chi connectivity index (χ1n) is 8.68. The Kier molecular flexibility index (Phi) is 4.43. The fourth-order valence-corrected chi connectivity index (χ4v) is 3.19. The van der Waals surface area contributed by atoms with E-state index < -0.39 is 11.6 Å². The fourth-order valence-electron chi connectivity index (χ4n) is 3.19. The second-order valence-electron chi connectivity index (χ2n) is 6.55. The smallest absolute Gasteiger partial charge is 0.247 e. The van der Waals surface area contributed by atoms with Crippen molar-refractivity contribution in [3.05, 3.63) is 87.6 Å². The van der Waals surface area contributed by atoms with Gasteiger partial charge in [-0.05, 0) is 43.7 Å². The molecular formula is C21H17F2N3O2. The van der Waals surface area contributed by atoms with E-state index >= 15 is 0 Å². The Balaban J connectivity index is 1.79. The Morgan fingerprint density at radius 3 is 2.57 bits per heavy atom. The van der Waals surface area contributed by atoms with E-state index in [2.05, 4.69) is 9.97 Å². The fraction of sp³-hybridized carbons (Fsp3) is 0.143. The van der Waals surface area contributed by atoms with Crippen LogP contribution in [0, 0.1) is 25.5 Å². The molecule has 0 unspecified atom stereocenters. The summed E-state index contributed by atoms with van der Waals surface area (Å²) in [6.07, 6.45) is 3.52. The first-order chi connectivity index (χ1) is 13.4. The molecule has 0 saturated heterocycles. The standard InChI is InChI=1S/C21H17F2N3O2/c1-12-8-18(28-11-15-16(22)4-3-5-17(15)23)21-25-13(2)20(26(21)10-12)14-6-7-19(27)24-9-14/h3-10H,11H2,1-2H3,(H,24,27). The molecule has 0 bridgehead atoms. The minimum atomic E-state index is -0.655. The lowest BCUT2D eigenvalue weighted by atomic mass is 10.2. The van der Waals surface area contributed by atoms with Crippen LogP contribution in [-0.4, -0.2) is 14.4 Å². The second kappa shape index (κ2) is 6.92. The highest BCUT2D eigenvalue weighted by Crippen LogP contribution is 2.30. The molecule has 0 aliphatic carbocycles. The van der Waals surface area contributed by atoms with Crippen molar-refractivity contribution in [2.75, 3.05) is 0 Å². The monoisotopic (exact) mass is 381 g/mol. The third kappa shape index (κ3) is 3.15. The van der Waals surface area contributed by atoms with Crippen molar-refractivity contribution in [3.8, 4) is 17.0 Å². The quantitative estimate of drug-likeness (QED) is 0.577. The molecule has 3 aromatic heterocycles. The van der Waals surface area contributed by atoms with Crippen LogP contribution in [0.5, 0.6) is 5.75 Å². The van der Waals surface area contributed by atoms with Crippen LogP contribution in [0.4, 0.5) is 8.78 Å². The van der Waals surface area contributed by atoms with Gasteiger partial charge in [-0.2, -0.15) is 0 Å². The van der Waals surface area contributed by atoms with Crippen LogP contribution >= 0.6 is 0 Å². The molecule has 0 saturated carbocycles. The average Bonchev–Trinajstić information content (AvgIpc) is 2.98. The van der Waals surface area contributed by atoms with E-state index in [1.807, 2.05) is 24.4 Å². The van der Waals surface area contributed by atoms with Gasteiger partial charge in [-0.25, -0.2) is 13.8 Å². The number of fused-ring (bicyclic) bond motifs is 1. The summed E-state index contributed by atoms with van der Waals surface area (Å²) in [5.74, 6) is -0.893. The number of H-pyrrole nitrogens is 1. The van der Waals surface area contributed by atoms with Crippen LogP contribution in [-0.2, 0) is 6.61 Å². The van der Waals surface area contributed by atoms with E-state index in [0.29, 0.717) is 11.4 Å². The zero-order valence-electron chi connectivity index (χ0n) is 15.3. The molecule has 0 atom stereocenters. The zero-order chi connectivity index (χ0) is 19.8. The van der Waals surface area contributed by atoms with Crippen LogP contribution in [0.15, 0.2) is 53.6 Å². The highest BCUT2D eigenvalue weighted by Gasteiger charge is 2.17. The maximum Gasteiger partial charge on any atom is 0.247 e. The molecule has 1 aromatic carbocycles. The number of aromatic amines is 1. The molecule has 4 aromatic rings. The van der Waals surface area contributed by atoms with E-state index in [-0.39, 0.29) is 17.7 Å². The van der Waals surface area contributed by atoms with Gasteiger partial charge < -0.3 is 9.72 Å². The summed E-state index contributed by atoms with van der Waals surface area (Å²) in [5, 5.41) is 0. The summed E-state index contributed by atoms with van der Waals surface area (Å²) in [7, 11) is 0. The Bertz CT molecular complexity index is 1200. The molecule has 0 spiro atoms. The van der Waals surface area contributed by atoms with E-state index in [4.69, 9.17) is 4.74 Å². The molecule has 1 N–H and O–H groups in total. The van der Waals surface area contributed by atoms with Crippen LogP contribution in [0.2, 0.25) is 0 Å². The number of nitrogens with one attached hydrogen (secondary N) is 1. The van der Waals surface area contributed by atoms with Gasteiger partial charge in [0, 0.05) is 24.0 Å². The second-order valence-corrected chi connectivity index (χ2v) is 6.55. The summed E-state index contributed by atoms with van der Waals surface area (Å²) in [6, 6.07) is 8.64. The Morgan fingerprint density at radius 1 is 1.14 bits per heavy atom. The maximum absolute atomic E-state index is 13.9. The predicted octanol–water partition coefficient (Wildman–Crippen LogP) is 4.16. The van der Waals surface area contributed by atoms with Gasteiger partial charge >= 0.3 is 0 Å². The maximum atomic E-state index is 13.9. The molecule has 4 rings (SSSR count). The van der Waals surface area contributed by atoms with Crippen molar-refractivity contribution in [2.45, 2.75) is 20.5 Å².